The Morgan fingerprint density at radius 2 is 2.33 bits per heavy atom. The van der Waals surface area contributed by atoms with E-state index < -0.39 is 0 Å². The quantitative estimate of drug-likeness (QED) is 0.790. The molecule has 3 atom stereocenters. The summed E-state index contributed by atoms with van der Waals surface area (Å²) in [4.78, 5) is 18.9. The van der Waals surface area contributed by atoms with Crippen molar-refractivity contribution in [2.45, 2.75) is 50.4 Å². The van der Waals surface area contributed by atoms with Crippen LogP contribution in [0.4, 0.5) is 0 Å². The third kappa shape index (κ3) is 3.54. The largest absolute Gasteiger partial charge is 0.474 e. The topological polar surface area (TPSA) is 51.7 Å². The van der Waals surface area contributed by atoms with Gasteiger partial charge in [-0.05, 0) is 31.1 Å². The van der Waals surface area contributed by atoms with Crippen LogP contribution in [0.5, 0.6) is 5.88 Å². The number of aromatic nitrogens is 1. The average Bonchev–Trinajstić information content (AvgIpc) is 3.00. The third-order valence-corrected chi connectivity index (χ3v) is 6.08. The minimum atomic E-state index is -0.198. The molecule has 0 spiro atoms. The third-order valence-electron chi connectivity index (χ3n) is 5.22. The number of methoxy groups -OCH3 is 1. The number of hydrogen-bond acceptors (Lipinski definition) is 5. The number of amides is 1. The molecule has 0 N–H and O–H groups in total. The lowest BCUT2D eigenvalue weighted by Gasteiger charge is -2.43. The van der Waals surface area contributed by atoms with E-state index >= 15 is 0 Å². The van der Waals surface area contributed by atoms with Gasteiger partial charge in [0.05, 0.1) is 17.4 Å². The van der Waals surface area contributed by atoms with Crippen LogP contribution in [-0.2, 0) is 9.53 Å². The van der Waals surface area contributed by atoms with Gasteiger partial charge in [-0.25, -0.2) is 4.98 Å². The Balaban J connectivity index is 1.69. The molecule has 1 aromatic rings. The lowest BCUT2D eigenvalue weighted by atomic mass is 9.79. The predicted molar refractivity (Wildman–Crippen MR) is 95.4 cm³/mol. The average molecular weight is 350 g/mol. The molecule has 1 aliphatic heterocycles. The number of thioether (sulfide) groups is 1. The fourth-order valence-electron chi connectivity index (χ4n) is 3.93. The van der Waals surface area contributed by atoms with Crippen molar-refractivity contribution in [1.82, 2.24) is 9.88 Å². The number of fused-ring (bicyclic) bond motifs is 1. The minimum Gasteiger partial charge on any atom is -0.474 e. The highest BCUT2D eigenvalue weighted by Gasteiger charge is 2.52. The molecular formula is C18H26N2O3S. The molecule has 24 heavy (non-hydrogen) atoms. The van der Waals surface area contributed by atoms with Crippen molar-refractivity contribution in [3.05, 3.63) is 24.4 Å². The molecule has 2 heterocycles. The standard InChI is InChI=1S/C18H26N2O3S/c1-3-24-13-17(21)20-11-9-18(22-2)8-7-14(12-15(18)20)23-16-6-4-5-10-19-16/h4-6,10,14-15H,3,7-9,11-13H2,1-2H3/t14-,15+,18-/m1/s1. The fraction of sp³-hybridized carbons (Fsp3) is 0.667. The normalized spacial score (nSPS) is 29.3. The summed E-state index contributed by atoms with van der Waals surface area (Å²) in [6.45, 7) is 2.87. The molecule has 6 heteroatoms. The predicted octanol–water partition coefficient (Wildman–Crippen LogP) is 2.75. The molecule has 1 amide bonds. The van der Waals surface area contributed by atoms with Crippen molar-refractivity contribution >= 4 is 17.7 Å². The Hall–Kier alpha value is -1.27. The van der Waals surface area contributed by atoms with Crippen LogP contribution >= 0.6 is 11.8 Å². The van der Waals surface area contributed by atoms with Crippen LogP contribution in [-0.4, -0.2) is 58.7 Å². The number of carbonyl (C=O) groups excluding carboxylic acids is 1. The van der Waals surface area contributed by atoms with Crippen molar-refractivity contribution in [3.8, 4) is 5.88 Å². The van der Waals surface area contributed by atoms with Crippen molar-refractivity contribution in [2.75, 3.05) is 25.2 Å². The highest BCUT2D eigenvalue weighted by atomic mass is 32.2. The van der Waals surface area contributed by atoms with Crippen LogP contribution in [0, 0.1) is 0 Å². The summed E-state index contributed by atoms with van der Waals surface area (Å²) in [5, 5.41) is 0. The van der Waals surface area contributed by atoms with Crippen molar-refractivity contribution in [3.63, 3.8) is 0 Å². The summed E-state index contributed by atoms with van der Waals surface area (Å²) in [5.74, 6) is 2.40. The second-order valence-electron chi connectivity index (χ2n) is 6.44. The molecule has 2 fully saturated rings. The van der Waals surface area contributed by atoms with Crippen molar-refractivity contribution in [1.29, 1.82) is 0 Å². The van der Waals surface area contributed by atoms with Crippen LogP contribution in [0.15, 0.2) is 24.4 Å². The number of rotatable bonds is 6. The number of likely N-dealkylation sites (tertiary alicyclic amines) is 1. The fourth-order valence-corrected chi connectivity index (χ4v) is 4.47. The van der Waals surface area contributed by atoms with E-state index in [9.17, 15) is 4.79 Å². The molecule has 5 nitrogen and oxygen atoms in total. The van der Waals surface area contributed by atoms with E-state index in [0.29, 0.717) is 11.6 Å². The molecule has 132 valence electrons. The number of hydrogen-bond donors (Lipinski definition) is 0. The summed E-state index contributed by atoms with van der Waals surface area (Å²) in [6, 6.07) is 5.80. The van der Waals surface area contributed by atoms with Gasteiger partial charge in [0.15, 0.2) is 0 Å². The molecule has 1 aromatic heterocycles. The molecule has 0 unspecified atom stereocenters. The smallest absolute Gasteiger partial charge is 0.232 e. The number of ether oxygens (including phenoxy) is 2. The molecule has 2 aliphatic rings. The number of carbonyl (C=O) groups is 1. The van der Waals surface area contributed by atoms with Gasteiger partial charge >= 0.3 is 0 Å². The Labute approximate surface area is 148 Å². The van der Waals surface area contributed by atoms with E-state index in [1.807, 2.05) is 23.1 Å². The number of nitrogens with zero attached hydrogens (tertiary/aromatic N) is 2. The van der Waals surface area contributed by atoms with Crippen molar-refractivity contribution in [2.24, 2.45) is 0 Å². The molecule has 0 radical (unpaired) electrons. The summed E-state index contributed by atoms with van der Waals surface area (Å²) in [7, 11) is 1.78. The zero-order valence-electron chi connectivity index (χ0n) is 14.4. The highest BCUT2D eigenvalue weighted by Crippen LogP contribution is 2.43. The summed E-state index contributed by atoms with van der Waals surface area (Å²) in [6.07, 6.45) is 5.42. The maximum absolute atomic E-state index is 12.6. The first-order chi connectivity index (χ1) is 11.7. The molecule has 1 saturated heterocycles. The van der Waals surface area contributed by atoms with Crippen molar-refractivity contribution < 1.29 is 14.3 Å². The monoisotopic (exact) mass is 350 g/mol. The summed E-state index contributed by atoms with van der Waals surface area (Å²) in [5.41, 5.74) is -0.198. The van der Waals surface area contributed by atoms with E-state index in [-0.39, 0.29) is 23.7 Å². The van der Waals surface area contributed by atoms with Gasteiger partial charge in [0.25, 0.3) is 0 Å². The van der Waals surface area contributed by atoms with Crippen LogP contribution in [0.3, 0.4) is 0 Å². The van der Waals surface area contributed by atoms with E-state index in [2.05, 4.69) is 11.9 Å². The molecule has 3 rings (SSSR count). The van der Waals surface area contributed by atoms with E-state index in [1.54, 1.807) is 25.1 Å². The Morgan fingerprint density at radius 3 is 3.04 bits per heavy atom. The minimum absolute atomic E-state index is 0.0837. The Bertz CT molecular complexity index is 556. The second-order valence-corrected chi connectivity index (χ2v) is 7.72. The number of pyridine rings is 1. The Morgan fingerprint density at radius 1 is 1.46 bits per heavy atom. The molecule has 1 aliphatic carbocycles. The van der Waals surface area contributed by atoms with E-state index in [4.69, 9.17) is 9.47 Å². The first kappa shape index (κ1) is 17.5. The lowest BCUT2D eigenvalue weighted by molar-refractivity contribution is -0.136. The maximum Gasteiger partial charge on any atom is 0.232 e. The van der Waals surface area contributed by atoms with Crippen LogP contribution in [0.2, 0.25) is 0 Å². The van der Waals surface area contributed by atoms with Crippen LogP contribution in [0.25, 0.3) is 0 Å². The SMILES string of the molecule is CCSCC(=O)N1CC[C@]2(OC)CC[C@@H](Oc3ccccn3)C[C@H]12. The van der Waals surface area contributed by atoms with Gasteiger partial charge in [0.1, 0.15) is 6.10 Å². The van der Waals surface area contributed by atoms with Gasteiger partial charge in [-0.15, -0.1) is 0 Å². The van der Waals surface area contributed by atoms with Gasteiger partial charge in [-0.2, -0.15) is 11.8 Å². The first-order valence-corrected chi connectivity index (χ1v) is 9.84. The summed E-state index contributed by atoms with van der Waals surface area (Å²) < 4.78 is 12.0. The summed E-state index contributed by atoms with van der Waals surface area (Å²) >= 11 is 1.68. The van der Waals surface area contributed by atoms with Crippen LogP contribution < -0.4 is 4.74 Å². The first-order valence-electron chi connectivity index (χ1n) is 8.68. The van der Waals surface area contributed by atoms with Gasteiger partial charge in [-0.1, -0.05) is 13.0 Å². The van der Waals surface area contributed by atoms with Gasteiger partial charge < -0.3 is 14.4 Å². The zero-order chi connectivity index (χ0) is 17.0. The molecule has 0 bridgehead atoms. The zero-order valence-corrected chi connectivity index (χ0v) is 15.3. The van der Waals surface area contributed by atoms with Gasteiger partial charge in [0.2, 0.25) is 11.8 Å². The molecular weight excluding hydrogens is 324 g/mol. The maximum atomic E-state index is 12.6. The molecule has 0 aromatic carbocycles. The molecule has 1 saturated carbocycles. The second kappa shape index (κ2) is 7.74. The Kier molecular flexibility index (Phi) is 5.66. The highest BCUT2D eigenvalue weighted by molar-refractivity contribution is 7.99. The van der Waals surface area contributed by atoms with Crippen LogP contribution in [0.1, 0.15) is 32.6 Å². The van der Waals surface area contributed by atoms with E-state index in [0.717, 1.165) is 38.0 Å². The van der Waals surface area contributed by atoms with E-state index in [1.165, 1.54) is 0 Å². The van der Waals surface area contributed by atoms with Gasteiger partial charge in [0, 0.05) is 32.3 Å². The van der Waals surface area contributed by atoms with Gasteiger partial charge in [-0.3, -0.25) is 4.79 Å². The lowest BCUT2D eigenvalue weighted by Crippen LogP contribution is -2.54.